The summed E-state index contributed by atoms with van der Waals surface area (Å²) in [5, 5.41) is 29.7. The van der Waals surface area contributed by atoms with Gasteiger partial charge in [0.2, 0.25) is 35.4 Å². The molecule has 4 aromatic carbocycles. The van der Waals surface area contributed by atoms with Crippen molar-refractivity contribution < 1.29 is 47.7 Å². The summed E-state index contributed by atoms with van der Waals surface area (Å²) in [5.41, 5.74) is 11.3. The van der Waals surface area contributed by atoms with E-state index in [9.17, 15) is 28.8 Å². The molecule has 6 aromatic heterocycles. The van der Waals surface area contributed by atoms with Crippen molar-refractivity contribution in [3.8, 4) is 23.0 Å². The minimum atomic E-state index is -0.174. The Balaban J connectivity index is 0.000000141. The number of rotatable bonds is 17. The molecular formula is C69H75Br2N19O10. The molecule has 520 valence electrons. The van der Waals surface area contributed by atoms with Crippen LogP contribution in [0.3, 0.4) is 0 Å². The molecule has 0 saturated heterocycles. The molecular weight excluding hydrogens is 1410 g/mol. The fourth-order valence-corrected chi connectivity index (χ4v) is 10.8. The Morgan fingerprint density at radius 2 is 0.800 bits per heavy atom. The Bertz CT molecular complexity index is 4560. The second kappa shape index (κ2) is 32.2. The average molecular weight is 1490 g/mol. The first-order chi connectivity index (χ1) is 48.0. The quantitative estimate of drug-likeness (QED) is 0.0493. The normalized spacial score (nSPS) is 13.3. The molecule has 31 heteroatoms. The average Bonchev–Trinajstić information content (AvgIpc) is 1.64. The van der Waals surface area contributed by atoms with Gasteiger partial charge in [0, 0.05) is 94.3 Å². The zero-order valence-corrected chi connectivity index (χ0v) is 59.7. The van der Waals surface area contributed by atoms with E-state index in [1.165, 1.54) is 44.2 Å². The van der Waals surface area contributed by atoms with Gasteiger partial charge in [-0.3, -0.25) is 33.8 Å². The van der Waals surface area contributed by atoms with Gasteiger partial charge in [0.05, 0.1) is 90.4 Å². The number of ether oxygens (including phenoxy) is 4. The fourth-order valence-electron chi connectivity index (χ4n) is 9.78. The maximum Gasteiger partial charge on any atom is 0.249 e. The number of carbonyl (C=O) groups excluding carboxylic acids is 6. The molecule has 7 N–H and O–H groups in total. The van der Waals surface area contributed by atoms with E-state index in [0.717, 1.165) is 81.4 Å². The first-order valence-corrected chi connectivity index (χ1v) is 33.6. The number of hydrogen-bond acceptors (Lipinski definition) is 23. The van der Waals surface area contributed by atoms with E-state index in [0.29, 0.717) is 74.6 Å². The van der Waals surface area contributed by atoms with Gasteiger partial charge in [-0.1, -0.05) is 41.5 Å². The van der Waals surface area contributed by atoms with Crippen molar-refractivity contribution >= 4 is 153 Å². The Hall–Kier alpha value is -10.8. The van der Waals surface area contributed by atoms with E-state index < -0.39 is 0 Å². The molecule has 100 heavy (non-hydrogen) atoms. The number of nitrogens with one attached hydrogen (secondary N) is 5. The van der Waals surface area contributed by atoms with Gasteiger partial charge >= 0.3 is 0 Å². The van der Waals surface area contributed by atoms with Crippen molar-refractivity contribution in [1.29, 1.82) is 0 Å². The van der Waals surface area contributed by atoms with Crippen molar-refractivity contribution in [2.75, 3.05) is 60.8 Å². The first-order valence-electron chi connectivity index (χ1n) is 32.0. The Morgan fingerprint density at radius 3 is 1.18 bits per heavy atom. The van der Waals surface area contributed by atoms with Crippen LogP contribution in [-0.2, 0) is 20.9 Å². The number of hydrogen-bond donors (Lipinski definition) is 6. The maximum absolute atomic E-state index is 12.4. The van der Waals surface area contributed by atoms with E-state index in [2.05, 4.69) is 109 Å². The van der Waals surface area contributed by atoms with Crippen LogP contribution in [0.25, 0.3) is 32.7 Å². The van der Waals surface area contributed by atoms with E-state index in [1.807, 2.05) is 84.2 Å². The maximum atomic E-state index is 12.4. The van der Waals surface area contributed by atoms with Gasteiger partial charge in [0.25, 0.3) is 0 Å². The summed E-state index contributed by atoms with van der Waals surface area (Å²) in [6.07, 6.45) is 16.6. The Kier molecular flexibility index (Phi) is 23.2. The van der Waals surface area contributed by atoms with Gasteiger partial charge in [-0.05, 0) is 112 Å². The molecule has 3 saturated carbocycles. The number of nitrogens with zero attached hydrogens (tertiary/aromatic N) is 13. The highest BCUT2D eigenvalue weighted by atomic mass is 79.9. The molecule has 29 nitrogen and oxygen atoms in total. The number of nitrogen functional groups attached to an aromatic ring is 1. The second-order valence-corrected chi connectivity index (χ2v) is 26.2. The number of methoxy groups -OCH3 is 4. The molecule has 0 atom stereocenters. The number of nitrogens with two attached hydrogens (primary N) is 1. The topological polar surface area (TPSA) is 369 Å². The van der Waals surface area contributed by atoms with Crippen molar-refractivity contribution in [3.63, 3.8) is 0 Å². The van der Waals surface area contributed by atoms with E-state index in [4.69, 9.17) is 24.7 Å². The summed E-state index contributed by atoms with van der Waals surface area (Å²) in [5.74, 6) is 5.09. The smallest absolute Gasteiger partial charge is 0.249 e. The lowest BCUT2D eigenvalue weighted by Gasteiger charge is -2.12. The highest BCUT2D eigenvalue weighted by molar-refractivity contribution is 9.11. The number of aliphatic imine (C=N–C) groups is 1. The van der Waals surface area contributed by atoms with E-state index in [-0.39, 0.29) is 71.0 Å². The zero-order valence-electron chi connectivity index (χ0n) is 56.5. The highest BCUT2D eigenvalue weighted by Crippen LogP contribution is 2.37. The summed E-state index contributed by atoms with van der Waals surface area (Å²) < 4.78 is 27.4. The third-order valence-corrected chi connectivity index (χ3v) is 17.0. The molecule has 0 unspecified atom stereocenters. The van der Waals surface area contributed by atoms with Crippen molar-refractivity contribution in [2.24, 2.45) is 40.5 Å². The summed E-state index contributed by atoms with van der Waals surface area (Å²) in [7, 11) is 6.37. The lowest BCUT2D eigenvalue weighted by atomic mass is 10.1. The third kappa shape index (κ3) is 18.1. The summed E-state index contributed by atoms with van der Waals surface area (Å²) in [6.45, 7) is 11.8. The van der Waals surface area contributed by atoms with Gasteiger partial charge in [-0.15, -0.1) is 0 Å². The molecule has 4 aliphatic rings. The van der Waals surface area contributed by atoms with Crippen LogP contribution in [0.2, 0.25) is 0 Å². The van der Waals surface area contributed by atoms with Crippen LogP contribution in [0.1, 0.15) is 106 Å². The minimum absolute atomic E-state index is 0.0177. The number of anilines is 8. The lowest BCUT2D eigenvalue weighted by molar-refractivity contribution is -0.118. The van der Waals surface area contributed by atoms with Crippen LogP contribution >= 0.6 is 31.9 Å². The lowest BCUT2D eigenvalue weighted by Crippen LogP contribution is -2.18. The number of carbonyl (C=O) groups is 6. The molecule has 3 aliphatic carbocycles. The molecule has 3 amide bonds. The van der Waals surface area contributed by atoms with Crippen LogP contribution in [0, 0.1) is 35.5 Å². The van der Waals surface area contributed by atoms with Gasteiger partial charge in [0.1, 0.15) is 76.9 Å². The largest absolute Gasteiger partial charge is 0.496 e. The SMILES string of the molecule is COc1cc2c(cc1Br)C=NC2.COc1cc2c(cnn2C(=O)C(C)C)cc1Br.COc1cc2c(cnn2C(=O)C(C)C)cc1Nc1cc(NC(=O)C2CC2)ncn1.COc1cc2c(cnn2C(=O)C(C)C)cc1Nc1cc(NC(=O)C2CC2)ncn1.Nc1cc(NC(=O)C2CC2)ncn1. The molecule has 14 rings (SSSR count). The van der Waals surface area contributed by atoms with E-state index in [1.54, 1.807) is 77.4 Å². The van der Waals surface area contributed by atoms with Gasteiger partial charge in [0.15, 0.2) is 0 Å². The minimum Gasteiger partial charge on any atom is -0.496 e. The fraction of sp³-hybridized carbons (Fsp3) is 0.333. The van der Waals surface area contributed by atoms with Crippen molar-refractivity contribution in [1.82, 2.24) is 59.2 Å². The first kappa shape index (κ1) is 71.9. The Labute approximate surface area is 591 Å². The molecule has 3 fully saturated rings. The predicted octanol–water partition coefficient (Wildman–Crippen LogP) is 12.3. The zero-order chi connectivity index (χ0) is 71.5. The van der Waals surface area contributed by atoms with Crippen LogP contribution in [0.15, 0.2) is 118 Å². The number of halogens is 2. The monoisotopic (exact) mass is 1490 g/mol. The third-order valence-electron chi connectivity index (χ3n) is 15.8. The predicted molar refractivity (Wildman–Crippen MR) is 386 cm³/mol. The van der Waals surface area contributed by atoms with Crippen molar-refractivity contribution in [2.45, 2.75) is 86.6 Å². The van der Waals surface area contributed by atoms with Crippen LogP contribution in [0.4, 0.5) is 46.3 Å². The number of fused-ring (bicyclic) bond motifs is 4. The molecule has 0 radical (unpaired) electrons. The summed E-state index contributed by atoms with van der Waals surface area (Å²) in [4.78, 5) is 100. The molecule has 0 spiro atoms. The highest BCUT2D eigenvalue weighted by Gasteiger charge is 2.32. The number of benzene rings is 4. The molecule has 0 bridgehead atoms. The number of aromatic nitrogens is 12. The standard InChI is InChI=1S/2C20H22N6O3.C12H13BrN2O2.C9H8BrNO.C8H10N4O/c2*1-11(2)20(28)26-15-7-16(29-3)14(6-13(15)9-23-26)24-17-8-18(22-10-21-17)25-19(27)12-4-5-12;1-7(2)12(16)15-10-5-11(17-3)9(13)4-8(10)6-14-15;1-12-9-3-7-5-11-4-6(7)2-8(9)10;9-6-3-7(11-4-10-6)12-8(13)5-1-2-5/h2*6-12H,4-5H2,1-3H3,(H2,21,22,24,25,27);4-7H,1-3H3;2-4H,5H2,1H3;3-5H,1-2H2,(H3,9,10,11,12,13). The van der Waals surface area contributed by atoms with Gasteiger partial charge < -0.3 is 51.3 Å². The summed E-state index contributed by atoms with van der Waals surface area (Å²) >= 11 is 6.83. The van der Waals surface area contributed by atoms with Crippen molar-refractivity contribution in [3.05, 3.63) is 124 Å². The molecule has 7 heterocycles. The van der Waals surface area contributed by atoms with Gasteiger partial charge in [-0.25, -0.2) is 29.9 Å². The van der Waals surface area contributed by atoms with Crippen LogP contribution in [0.5, 0.6) is 23.0 Å². The van der Waals surface area contributed by atoms with Crippen LogP contribution in [-0.4, -0.2) is 129 Å². The molecule has 1 aliphatic heterocycles. The van der Waals surface area contributed by atoms with Crippen LogP contribution < -0.4 is 51.3 Å². The molecule has 10 aromatic rings. The number of amides is 3. The van der Waals surface area contributed by atoms with E-state index >= 15 is 0 Å². The summed E-state index contributed by atoms with van der Waals surface area (Å²) in [6, 6.07) is 19.8. The van der Waals surface area contributed by atoms with Gasteiger partial charge in [-0.2, -0.15) is 29.3 Å². The Morgan fingerprint density at radius 1 is 0.450 bits per heavy atom. The second-order valence-electron chi connectivity index (χ2n) is 24.5.